The summed E-state index contributed by atoms with van der Waals surface area (Å²) in [6.45, 7) is 0. The summed E-state index contributed by atoms with van der Waals surface area (Å²) in [5, 5.41) is 0. The molecule has 2 rings (SSSR count). The van der Waals surface area contributed by atoms with Crippen LogP contribution in [0.2, 0.25) is 0 Å². The number of nitrogens with two attached hydrogens (primary N) is 1. The lowest BCUT2D eigenvalue weighted by Crippen LogP contribution is -1.98. The van der Waals surface area contributed by atoms with Gasteiger partial charge in [-0.15, -0.1) is 0 Å². The summed E-state index contributed by atoms with van der Waals surface area (Å²) in [5.41, 5.74) is 6.51. The van der Waals surface area contributed by atoms with Gasteiger partial charge in [-0.25, -0.2) is 4.98 Å². The van der Waals surface area contributed by atoms with Gasteiger partial charge in [-0.3, -0.25) is 0 Å². The highest BCUT2D eigenvalue weighted by atomic mass is 16.5. The first kappa shape index (κ1) is 11.2. The first-order valence-corrected chi connectivity index (χ1v) is 5.06. The van der Waals surface area contributed by atoms with E-state index in [0.29, 0.717) is 17.5 Å². The fourth-order valence-corrected chi connectivity index (χ4v) is 1.44. The van der Waals surface area contributed by atoms with E-state index >= 15 is 0 Å². The van der Waals surface area contributed by atoms with Gasteiger partial charge in [0.25, 0.3) is 0 Å². The van der Waals surface area contributed by atoms with Gasteiger partial charge in [-0.1, -0.05) is 12.1 Å². The van der Waals surface area contributed by atoms with Crippen LogP contribution in [0.1, 0.15) is 0 Å². The van der Waals surface area contributed by atoms with Crippen molar-refractivity contribution in [3.63, 3.8) is 0 Å². The molecule has 0 atom stereocenters. The number of nitrogen functional groups attached to an aromatic ring is 1. The van der Waals surface area contributed by atoms with Crippen LogP contribution in [-0.2, 0) is 0 Å². The van der Waals surface area contributed by atoms with Gasteiger partial charge < -0.3 is 15.2 Å². The van der Waals surface area contributed by atoms with E-state index in [-0.39, 0.29) is 0 Å². The predicted octanol–water partition coefficient (Wildman–Crippen LogP) is 1.74. The molecule has 5 heteroatoms. The lowest BCUT2D eigenvalue weighted by molar-refractivity contribution is 0.397. The fourth-order valence-electron chi connectivity index (χ4n) is 1.44. The number of hydrogen-bond donors (Lipinski definition) is 1. The molecular formula is C12H13N3O2. The molecule has 1 heterocycles. The van der Waals surface area contributed by atoms with Crippen LogP contribution in [0.4, 0.5) is 5.82 Å². The van der Waals surface area contributed by atoms with Crippen molar-refractivity contribution in [2.75, 3.05) is 20.0 Å². The minimum atomic E-state index is 0.370. The van der Waals surface area contributed by atoms with Crippen molar-refractivity contribution in [2.24, 2.45) is 0 Å². The molecule has 0 spiro atoms. The van der Waals surface area contributed by atoms with E-state index in [1.165, 1.54) is 7.11 Å². The van der Waals surface area contributed by atoms with Crippen LogP contribution in [0, 0.1) is 0 Å². The molecule has 0 radical (unpaired) electrons. The Bertz CT molecular complexity index is 529. The van der Waals surface area contributed by atoms with Gasteiger partial charge in [0.15, 0.2) is 5.82 Å². The smallest absolute Gasteiger partial charge is 0.218 e. The van der Waals surface area contributed by atoms with Crippen molar-refractivity contribution in [2.45, 2.75) is 0 Å². The van der Waals surface area contributed by atoms with E-state index in [1.54, 1.807) is 13.2 Å². The van der Waals surface area contributed by atoms with Gasteiger partial charge in [-0.2, -0.15) is 4.98 Å². The van der Waals surface area contributed by atoms with Crippen LogP contribution in [0.15, 0.2) is 30.3 Å². The van der Waals surface area contributed by atoms with Crippen LogP contribution in [0.3, 0.4) is 0 Å². The van der Waals surface area contributed by atoms with E-state index < -0.39 is 0 Å². The first-order chi connectivity index (χ1) is 8.22. The second-order valence-electron chi connectivity index (χ2n) is 3.39. The molecule has 0 fully saturated rings. The van der Waals surface area contributed by atoms with E-state index in [2.05, 4.69) is 9.97 Å². The Balaban J connectivity index is 2.47. The molecule has 0 unspecified atom stereocenters. The molecule has 0 saturated heterocycles. The van der Waals surface area contributed by atoms with Crippen LogP contribution in [0.5, 0.6) is 11.6 Å². The van der Waals surface area contributed by atoms with Crippen molar-refractivity contribution in [1.29, 1.82) is 0 Å². The summed E-state index contributed by atoms with van der Waals surface area (Å²) < 4.78 is 10.2. The minimum absolute atomic E-state index is 0.370. The Labute approximate surface area is 99.2 Å². The Kier molecular flexibility index (Phi) is 3.09. The number of anilines is 1. The molecular weight excluding hydrogens is 218 g/mol. The third kappa shape index (κ3) is 2.44. The summed E-state index contributed by atoms with van der Waals surface area (Å²) in [6, 6.07) is 9.02. The highest BCUT2D eigenvalue weighted by Gasteiger charge is 2.06. The first-order valence-electron chi connectivity index (χ1n) is 5.06. The van der Waals surface area contributed by atoms with Gasteiger partial charge in [0, 0.05) is 11.6 Å². The zero-order chi connectivity index (χ0) is 12.3. The van der Waals surface area contributed by atoms with Gasteiger partial charge >= 0.3 is 0 Å². The van der Waals surface area contributed by atoms with Crippen LogP contribution < -0.4 is 15.2 Å². The number of ether oxygens (including phenoxy) is 2. The molecule has 2 aromatic rings. The maximum absolute atomic E-state index is 5.68. The van der Waals surface area contributed by atoms with Crippen LogP contribution in [0.25, 0.3) is 11.4 Å². The number of aromatic nitrogens is 2. The molecule has 0 saturated carbocycles. The summed E-state index contributed by atoms with van der Waals surface area (Å²) in [7, 11) is 3.15. The highest BCUT2D eigenvalue weighted by molar-refractivity contribution is 5.59. The topological polar surface area (TPSA) is 70.3 Å². The van der Waals surface area contributed by atoms with Gasteiger partial charge in [0.1, 0.15) is 11.6 Å². The molecule has 1 aromatic heterocycles. The van der Waals surface area contributed by atoms with Crippen molar-refractivity contribution >= 4 is 5.82 Å². The maximum atomic E-state index is 5.68. The number of methoxy groups -OCH3 is 2. The van der Waals surface area contributed by atoms with E-state index in [0.717, 1.165) is 11.3 Å². The molecule has 1 aromatic carbocycles. The summed E-state index contributed by atoms with van der Waals surface area (Å²) in [4.78, 5) is 8.39. The Morgan fingerprint density at radius 1 is 1.06 bits per heavy atom. The maximum Gasteiger partial charge on any atom is 0.218 e. The molecule has 0 aliphatic rings. The summed E-state index contributed by atoms with van der Waals surface area (Å²) in [5.74, 6) is 2.07. The molecule has 0 aliphatic carbocycles. The molecule has 0 aliphatic heterocycles. The number of benzene rings is 1. The zero-order valence-corrected chi connectivity index (χ0v) is 9.68. The molecule has 88 valence electrons. The molecule has 2 N–H and O–H groups in total. The standard InChI is InChI=1S/C12H13N3O2/c1-16-9-5-3-4-8(6-9)12-14-10(13)7-11(15-12)17-2/h3-7H,1-2H3,(H2,13,14,15). The van der Waals surface area contributed by atoms with Gasteiger partial charge in [-0.05, 0) is 12.1 Å². The van der Waals surface area contributed by atoms with Crippen LogP contribution >= 0.6 is 0 Å². The number of hydrogen-bond acceptors (Lipinski definition) is 5. The SMILES string of the molecule is COc1cccc(-c2nc(N)cc(OC)n2)c1. The van der Waals surface area contributed by atoms with Gasteiger partial charge in [0.2, 0.25) is 5.88 Å². The van der Waals surface area contributed by atoms with Crippen LogP contribution in [-0.4, -0.2) is 24.2 Å². The van der Waals surface area contributed by atoms with Crippen molar-refractivity contribution in [3.05, 3.63) is 30.3 Å². The van der Waals surface area contributed by atoms with Crippen molar-refractivity contribution in [1.82, 2.24) is 9.97 Å². The van der Waals surface area contributed by atoms with Crippen molar-refractivity contribution in [3.8, 4) is 23.0 Å². The monoisotopic (exact) mass is 231 g/mol. The number of rotatable bonds is 3. The minimum Gasteiger partial charge on any atom is -0.497 e. The summed E-state index contributed by atoms with van der Waals surface area (Å²) in [6.07, 6.45) is 0. The average Bonchev–Trinajstić information content (AvgIpc) is 2.38. The lowest BCUT2D eigenvalue weighted by atomic mass is 10.2. The average molecular weight is 231 g/mol. The third-order valence-electron chi connectivity index (χ3n) is 2.26. The highest BCUT2D eigenvalue weighted by Crippen LogP contribution is 2.23. The predicted molar refractivity (Wildman–Crippen MR) is 65.0 cm³/mol. The molecule has 0 bridgehead atoms. The largest absolute Gasteiger partial charge is 0.497 e. The molecule has 17 heavy (non-hydrogen) atoms. The quantitative estimate of drug-likeness (QED) is 0.871. The normalized spacial score (nSPS) is 10.0. The van der Waals surface area contributed by atoms with E-state index in [1.807, 2.05) is 24.3 Å². The van der Waals surface area contributed by atoms with Gasteiger partial charge in [0.05, 0.1) is 14.2 Å². The lowest BCUT2D eigenvalue weighted by Gasteiger charge is -2.06. The van der Waals surface area contributed by atoms with E-state index in [4.69, 9.17) is 15.2 Å². The Morgan fingerprint density at radius 2 is 1.88 bits per heavy atom. The molecule has 5 nitrogen and oxygen atoms in total. The molecule has 0 amide bonds. The third-order valence-corrected chi connectivity index (χ3v) is 2.26. The Morgan fingerprint density at radius 3 is 2.59 bits per heavy atom. The zero-order valence-electron chi connectivity index (χ0n) is 9.68. The second kappa shape index (κ2) is 4.69. The van der Waals surface area contributed by atoms with Crippen molar-refractivity contribution < 1.29 is 9.47 Å². The fraction of sp³-hybridized carbons (Fsp3) is 0.167. The van der Waals surface area contributed by atoms with E-state index in [9.17, 15) is 0 Å². The summed E-state index contributed by atoms with van der Waals surface area (Å²) >= 11 is 0. The second-order valence-corrected chi connectivity index (χ2v) is 3.39. The Hall–Kier alpha value is -2.30. The number of nitrogens with zero attached hydrogens (tertiary/aromatic N) is 2.